The molecule has 0 fully saturated rings. The monoisotopic (exact) mass is 378 g/mol. The second-order valence-electron chi connectivity index (χ2n) is 6.98. The Morgan fingerprint density at radius 2 is 1.93 bits per heavy atom. The number of benzene rings is 2. The normalized spacial score (nSPS) is 12.7. The van der Waals surface area contributed by atoms with Crippen LogP contribution in [0.1, 0.15) is 30.5 Å². The van der Waals surface area contributed by atoms with E-state index in [1.807, 2.05) is 42.6 Å². The van der Waals surface area contributed by atoms with Crippen LogP contribution in [0, 0.1) is 6.92 Å². The van der Waals surface area contributed by atoms with Crippen LogP contribution >= 0.6 is 11.3 Å². The summed E-state index contributed by atoms with van der Waals surface area (Å²) in [5.74, 6) is 0.221. The zero-order valence-corrected chi connectivity index (χ0v) is 16.4. The molecule has 2 heterocycles. The Labute approximate surface area is 161 Å². The maximum absolute atomic E-state index is 12.7. The summed E-state index contributed by atoms with van der Waals surface area (Å²) in [5.41, 5.74) is 10.6. The average Bonchev–Trinajstić information content (AvgIpc) is 3.15. The zero-order chi connectivity index (χ0) is 19.3. The van der Waals surface area contributed by atoms with Crippen LogP contribution in [0.25, 0.3) is 32.1 Å². The maximum atomic E-state index is 12.7. The topological polar surface area (TPSA) is 68.2 Å². The largest absolute Gasteiger partial charge is 0.507 e. The number of aromatic hydroxyl groups is 1. The highest BCUT2D eigenvalue weighted by Gasteiger charge is 2.19. The van der Waals surface area contributed by atoms with Gasteiger partial charge in [-0.05, 0) is 47.5 Å². The molecular formula is C22H22N2O2S. The first kappa shape index (κ1) is 17.8. The first-order chi connectivity index (χ1) is 12.9. The van der Waals surface area contributed by atoms with Gasteiger partial charge in [-0.15, -0.1) is 11.3 Å². The predicted octanol–water partition coefficient (Wildman–Crippen LogP) is 4.84. The molecule has 0 spiro atoms. The highest BCUT2D eigenvalue weighted by molar-refractivity contribution is 7.17. The van der Waals surface area contributed by atoms with Gasteiger partial charge in [-0.3, -0.25) is 4.79 Å². The van der Waals surface area contributed by atoms with Gasteiger partial charge in [0, 0.05) is 29.4 Å². The standard InChI is InChI=1S/C22H22N2O2S/c1-4-16(23)13-5-7-14(8-6-13)18-17(25)11-12(2)20-19(18)15-9-10-27-21(15)22(26)24(20)3/h5-11,16,25H,4,23H2,1-3H3/t16-/m1/s1. The minimum atomic E-state index is -0.00323. The van der Waals surface area contributed by atoms with E-state index >= 15 is 0 Å². The number of fused-ring (bicyclic) bond motifs is 3. The number of aryl methyl sites for hydroxylation is 2. The summed E-state index contributed by atoms with van der Waals surface area (Å²) in [6.45, 7) is 3.98. The molecule has 2 aromatic carbocycles. The van der Waals surface area contributed by atoms with Crippen molar-refractivity contribution in [2.75, 3.05) is 0 Å². The lowest BCUT2D eigenvalue weighted by molar-refractivity contribution is 0.477. The van der Waals surface area contributed by atoms with Gasteiger partial charge in [0.25, 0.3) is 5.56 Å². The van der Waals surface area contributed by atoms with Crippen LogP contribution in [0.15, 0.2) is 46.6 Å². The van der Waals surface area contributed by atoms with Crippen molar-refractivity contribution < 1.29 is 5.11 Å². The van der Waals surface area contributed by atoms with Gasteiger partial charge in [-0.25, -0.2) is 0 Å². The number of phenolic OH excluding ortho intramolecular Hbond substituents is 1. The first-order valence-corrected chi connectivity index (χ1v) is 9.90. The van der Waals surface area contributed by atoms with E-state index in [2.05, 4.69) is 6.92 Å². The van der Waals surface area contributed by atoms with E-state index in [-0.39, 0.29) is 17.4 Å². The molecule has 0 unspecified atom stereocenters. The third-order valence-electron chi connectivity index (χ3n) is 5.31. The van der Waals surface area contributed by atoms with Gasteiger partial charge in [-0.2, -0.15) is 0 Å². The molecule has 0 amide bonds. The summed E-state index contributed by atoms with van der Waals surface area (Å²) in [7, 11) is 1.79. The fraction of sp³-hybridized carbons (Fsp3) is 0.227. The number of phenols is 1. The minimum absolute atomic E-state index is 0.00323. The van der Waals surface area contributed by atoms with Gasteiger partial charge < -0.3 is 15.4 Å². The van der Waals surface area contributed by atoms with Crippen molar-refractivity contribution in [1.29, 1.82) is 0 Å². The molecule has 138 valence electrons. The highest BCUT2D eigenvalue weighted by Crippen LogP contribution is 2.41. The zero-order valence-electron chi connectivity index (χ0n) is 15.6. The summed E-state index contributed by atoms with van der Waals surface area (Å²) >= 11 is 1.44. The lowest BCUT2D eigenvalue weighted by atomic mass is 9.93. The minimum Gasteiger partial charge on any atom is -0.507 e. The van der Waals surface area contributed by atoms with Crippen molar-refractivity contribution in [2.45, 2.75) is 26.3 Å². The van der Waals surface area contributed by atoms with E-state index in [4.69, 9.17) is 5.73 Å². The van der Waals surface area contributed by atoms with Gasteiger partial charge in [-0.1, -0.05) is 31.2 Å². The van der Waals surface area contributed by atoms with Gasteiger partial charge in [0.05, 0.1) is 5.52 Å². The number of nitrogens with two attached hydrogens (primary N) is 1. The van der Waals surface area contributed by atoms with E-state index in [0.717, 1.165) is 45.0 Å². The molecule has 0 aliphatic heterocycles. The van der Waals surface area contributed by atoms with E-state index < -0.39 is 0 Å². The molecule has 0 bridgehead atoms. The Hall–Kier alpha value is -2.63. The summed E-state index contributed by atoms with van der Waals surface area (Å²) in [6, 6.07) is 11.7. The third kappa shape index (κ3) is 2.66. The second kappa shape index (κ2) is 6.51. The number of pyridine rings is 1. The van der Waals surface area contributed by atoms with Gasteiger partial charge in [0.2, 0.25) is 0 Å². The Morgan fingerprint density at radius 3 is 2.59 bits per heavy atom. The van der Waals surface area contributed by atoms with Crippen LogP contribution in [0.2, 0.25) is 0 Å². The van der Waals surface area contributed by atoms with Crippen molar-refractivity contribution in [3.63, 3.8) is 0 Å². The van der Waals surface area contributed by atoms with Crippen LogP contribution in [-0.4, -0.2) is 9.67 Å². The predicted molar refractivity (Wildman–Crippen MR) is 114 cm³/mol. The number of hydrogen-bond acceptors (Lipinski definition) is 4. The Bertz CT molecular complexity index is 1220. The van der Waals surface area contributed by atoms with Gasteiger partial charge >= 0.3 is 0 Å². The molecule has 4 aromatic rings. The number of hydrogen-bond donors (Lipinski definition) is 2. The molecule has 2 aromatic heterocycles. The number of nitrogens with zero attached hydrogens (tertiary/aromatic N) is 1. The van der Waals surface area contributed by atoms with Gasteiger partial charge in [0.1, 0.15) is 10.4 Å². The Kier molecular flexibility index (Phi) is 4.29. The fourth-order valence-electron chi connectivity index (χ4n) is 3.83. The van der Waals surface area contributed by atoms with Crippen LogP contribution in [0.3, 0.4) is 0 Å². The number of aromatic nitrogens is 1. The highest BCUT2D eigenvalue weighted by atomic mass is 32.1. The van der Waals surface area contributed by atoms with Crippen LogP contribution in [-0.2, 0) is 7.05 Å². The van der Waals surface area contributed by atoms with Crippen molar-refractivity contribution in [3.05, 3.63) is 63.3 Å². The molecule has 0 saturated carbocycles. The molecule has 3 N–H and O–H groups in total. The molecule has 0 aliphatic rings. The maximum Gasteiger partial charge on any atom is 0.268 e. The molecule has 5 heteroatoms. The summed E-state index contributed by atoms with van der Waals surface area (Å²) < 4.78 is 2.40. The third-order valence-corrected chi connectivity index (χ3v) is 6.21. The quantitative estimate of drug-likeness (QED) is 0.536. The van der Waals surface area contributed by atoms with E-state index in [9.17, 15) is 9.90 Å². The molecule has 4 rings (SSSR count). The van der Waals surface area contributed by atoms with Crippen LogP contribution in [0.4, 0.5) is 0 Å². The average molecular weight is 378 g/mol. The van der Waals surface area contributed by atoms with Gasteiger partial charge in [0.15, 0.2) is 0 Å². The van der Waals surface area contributed by atoms with Crippen molar-refractivity contribution in [3.8, 4) is 16.9 Å². The molecular weight excluding hydrogens is 356 g/mol. The molecule has 0 radical (unpaired) electrons. The van der Waals surface area contributed by atoms with Crippen molar-refractivity contribution in [2.24, 2.45) is 12.8 Å². The lowest BCUT2D eigenvalue weighted by Crippen LogP contribution is -2.17. The smallest absolute Gasteiger partial charge is 0.268 e. The molecule has 1 atom stereocenters. The molecule has 0 aliphatic carbocycles. The number of rotatable bonds is 3. The fourth-order valence-corrected chi connectivity index (χ4v) is 4.71. The second-order valence-corrected chi connectivity index (χ2v) is 7.89. The summed E-state index contributed by atoms with van der Waals surface area (Å²) in [4.78, 5) is 12.7. The van der Waals surface area contributed by atoms with E-state index in [1.165, 1.54) is 11.3 Å². The SMILES string of the molecule is CC[C@@H](N)c1ccc(-c2c(O)cc(C)c3c2c2ccsc2c(=O)n3C)cc1. The van der Waals surface area contributed by atoms with Crippen molar-refractivity contribution in [1.82, 2.24) is 4.57 Å². The summed E-state index contributed by atoms with van der Waals surface area (Å²) in [6.07, 6.45) is 0.871. The summed E-state index contributed by atoms with van der Waals surface area (Å²) in [5, 5.41) is 14.5. The van der Waals surface area contributed by atoms with Crippen LogP contribution in [0.5, 0.6) is 5.75 Å². The molecule has 0 saturated heterocycles. The Balaban J connectivity index is 2.11. The Morgan fingerprint density at radius 1 is 1.22 bits per heavy atom. The molecule has 27 heavy (non-hydrogen) atoms. The lowest BCUT2D eigenvalue weighted by Gasteiger charge is -2.17. The number of thiophene rings is 1. The van der Waals surface area contributed by atoms with E-state index in [0.29, 0.717) is 4.70 Å². The first-order valence-electron chi connectivity index (χ1n) is 9.02. The van der Waals surface area contributed by atoms with Crippen LogP contribution < -0.4 is 11.3 Å². The molecule has 4 nitrogen and oxygen atoms in total. The van der Waals surface area contributed by atoms with E-state index in [1.54, 1.807) is 17.7 Å². The van der Waals surface area contributed by atoms with Crippen molar-refractivity contribution >= 4 is 32.3 Å².